The van der Waals surface area contributed by atoms with Gasteiger partial charge in [0, 0.05) is 28.7 Å². The molecule has 1 fully saturated rings. The average molecular weight is 339 g/mol. The van der Waals surface area contributed by atoms with Crippen molar-refractivity contribution in [3.05, 3.63) is 28.2 Å². The molecule has 0 radical (unpaired) electrons. The van der Waals surface area contributed by atoms with E-state index in [0.717, 1.165) is 22.3 Å². The predicted molar refractivity (Wildman–Crippen MR) is 87.1 cm³/mol. The standard InChI is InChI=1S/C16H23BrN2O/c1-11-8-12(6-7-13(11)17)19-14(20)9-15(2,3)18-10-16(19,4)5/h6-8,18H,9-10H2,1-5H3. The van der Waals surface area contributed by atoms with Crippen LogP contribution in [0.15, 0.2) is 22.7 Å². The molecule has 3 nitrogen and oxygen atoms in total. The summed E-state index contributed by atoms with van der Waals surface area (Å²) in [5.41, 5.74) is 1.71. The van der Waals surface area contributed by atoms with Crippen LogP contribution in [0.3, 0.4) is 0 Å². The van der Waals surface area contributed by atoms with E-state index in [1.807, 2.05) is 24.0 Å². The second-order valence-electron chi connectivity index (χ2n) is 6.89. The Morgan fingerprint density at radius 2 is 1.90 bits per heavy atom. The molecule has 1 aromatic carbocycles. The highest BCUT2D eigenvalue weighted by Gasteiger charge is 2.39. The van der Waals surface area contributed by atoms with Crippen molar-refractivity contribution in [3.63, 3.8) is 0 Å². The SMILES string of the molecule is Cc1cc(N2C(=O)CC(C)(C)NCC2(C)C)ccc1Br. The molecule has 1 heterocycles. The minimum absolute atomic E-state index is 0.159. The first kappa shape index (κ1) is 15.5. The quantitative estimate of drug-likeness (QED) is 0.847. The zero-order valence-electron chi connectivity index (χ0n) is 12.9. The molecule has 20 heavy (non-hydrogen) atoms. The molecule has 0 unspecified atom stereocenters. The summed E-state index contributed by atoms with van der Waals surface area (Å²) in [4.78, 5) is 14.7. The van der Waals surface area contributed by atoms with E-state index in [4.69, 9.17) is 0 Å². The molecule has 1 aliphatic heterocycles. The number of rotatable bonds is 1. The highest BCUT2D eigenvalue weighted by atomic mass is 79.9. The molecular formula is C16H23BrN2O. The Hall–Kier alpha value is -0.870. The van der Waals surface area contributed by atoms with E-state index in [1.165, 1.54) is 0 Å². The molecular weight excluding hydrogens is 316 g/mol. The van der Waals surface area contributed by atoms with Crippen LogP contribution in [0.5, 0.6) is 0 Å². The summed E-state index contributed by atoms with van der Waals surface area (Å²) in [6.07, 6.45) is 0.505. The third-order valence-corrected chi connectivity index (χ3v) is 4.74. The zero-order chi connectivity index (χ0) is 15.1. The molecule has 1 aromatic rings. The van der Waals surface area contributed by atoms with Gasteiger partial charge in [0.15, 0.2) is 0 Å². The van der Waals surface area contributed by atoms with Gasteiger partial charge < -0.3 is 10.2 Å². The van der Waals surface area contributed by atoms with Gasteiger partial charge in [-0.1, -0.05) is 15.9 Å². The van der Waals surface area contributed by atoms with Crippen molar-refractivity contribution in [1.82, 2.24) is 5.32 Å². The van der Waals surface area contributed by atoms with Crippen molar-refractivity contribution >= 4 is 27.5 Å². The summed E-state index contributed by atoms with van der Waals surface area (Å²) in [5, 5.41) is 3.50. The molecule has 2 rings (SSSR count). The minimum Gasteiger partial charge on any atom is -0.309 e. The Morgan fingerprint density at radius 3 is 2.50 bits per heavy atom. The van der Waals surface area contributed by atoms with Crippen LogP contribution in [-0.2, 0) is 4.79 Å². The third-order valence-electron chi connectivity index (χ3n) is 3.85. The van der Waals surface area contributed by atoms with Crippen LogP contribution in [0.2, 0.25) is 0 Å². The molecule has 0 aromatic heterocycles. The molecule has 0 aliphatic carbocycles. The second kappa shape index (κ2) is 5.15. The van der Waals surface area contributed by atoms with Crippen LogP contribution in [-0.4, -0.2) is 23.5 Å². The Kier molecular flexibility index (Phi) is 4.00. The van der Waals surface area contributed by atoms with Crippen LogP contribution in [0, 0.1) is 6.92 Å². The van der Waals surface area contributed by atoms with Gasteiger partial charge in [-0.2, -0.15) is 0 Å². The fourth-order valence-electron chi connectivity index (χ4n) is 2.65. The molecule has 110 valence electrons. The summed E-state index contributed by atoms with van der Waals surface area (Å²) < 4.78 is 1.07. The van der Waals surface area contributed by atoms with Gasteiger partial charge in [0.25, 0.3) is 0 Å². The smallest absolute Gasteiger partial charge is 0.229 e. The van der Waals surface area contributed by atoms with Gasteiger partial charge in [0.1, 0.15) is 0 Å². The van der Waals surface area contributed by atoms with E-state index in [9.17, 15) is 4.79 Å². The number of hydrogen-bond donors (Lipinski definition) is 1. The topological polar surface area (TPSA) is 32.3 Å². The molecule has 1 N–H and O–H groups in total. The molecule has 1 aliphatic rings. The fraction of sp³-hybridized carbons (Fsp3) is 0.562. The maximum Gasteiger partial charge on any atom is 0.229 e. The molecule has 4 heteroatoms. The number of aryl methyl sites for hydroxylation is 1. The first-order valence-corrected chi connectivity index (χ1v) is 7.76. The van der Waals surface area contributed by atoms with Gasteiger partial charge in [0.2, 0.25) is 5.91 Å². The lowest BCUT2D eigenvalue weighted by atomic mass is 10.0. The van der Waals surface area contributed by atoms with Crippen molar-refractivity contribution in [2.45, 2.75) is 52.1 Å². The molecule has 0 atom stereocenters. The van der Waals surface area contributed by atoms with Gasteiger partial charge in [0.05, 0.1) is 5.54 Å². The number of carbonyl (C=O) groups is 1. The van der Waals surface area contributed by atoms with Crippen molar-refractivity contribution in [1.29, 1.82) is 0 Å². The van der Waals surface area contributed by atoms with Gasteiger partial charge >= 0.3 is 0 Å². The highest BCUT2D eigenvalue weighted by molar-refractivity contribution is 9.10. The number of halogens is 1. The number of nitrogens with one attached hydrogen (secondary N) is 1. The third kappa shape index (κ3) is 3.07. The summed E-state index contributed by atoms with van der Waals surface area (Å²) in [5.74, 6) is 0.173. The average Bonchev–Trinajstić information content (AvgIpc) is 2.38. The van der Waals surface area contributed by atoms with E-state index in [2.05, 4.69) is 55.0 Å². The summed E-state index contributed by atoms with van der Waals surface area (Å²) in [7, 11) is 0. The lowest BCUT2D eigenvalue weighted by Gasteiger charge is -2.37. The molecule has 1 amide bonds. The van der Waals surface area contributed by atoms with Gasteiger partial charge in [-0.05, 0) is 58.4 Å². The first-order valence-electron chi connectivity index (χ1n) is 6.97. The molecule has 0 spiro atoms. The lowest BCUT2D eigenvalue weighted by molar-refractivity contribution is -0.120. The first-order chi connectivity index (χ1) is 9.12. The van der Waals surface area contributed by atoms with E-state index >= 15 is 0 Å². The maximum atomic E-state index is 12.7. The van der Waals surface area contributed by atoms with Crippen molar-refractivity contribution < 1.29 is 4.79 Å². The predicted octanol–water partition coefficient (Wildman–Crippen LogP) is 3.64. The lowest BCUT2D eigenvalue weighted by Crippen LogP contribution is -2.51. The Morgan fingerprint density at radius 1 is 1.25 bits per heavy atom. The molecule has 0 saturated carbocycles. The fourth-order valence-corrected chi connectivity index (χ4v) is 2.90. The number of hydrogen-bond acceptors (Lipinski definition) is 2. The van der Waals surface area contributed by atoms with Crippen LogP contribution in [0.1, 0.15) is 39.7 Å². The Labute approximate surface area is 129 Å². The number of carbonyl (C=O) groups excluding carboxylic acids is 1. The number of amides is 1. The van der Waals surface area contributed by atoms with Crippen molar-refractivity contribution in [2.75, 3.05) is 11.4 Å². The summed E-state index contributed by atoms with van der Waals surface area (Å²) >= 11 is 3.51. The second-order valence-corrected chi connectivity index (χ2v) is 7.74. The maximum absolute atomic E-state index is 12.7. The van der Waals surface area contributed by atoms with E-state index < -0.39 is 0 Å². The van der Waals surface area contributed by atoms with Crippen LogP contribution >= 0.6 is 15.9 Å². The minimum atomic E-state index is -0.245. The molecule has 1 saturated heterocycles. The van der Waals surface area contributed by atoms with Crippen LogP contribution in [0.25, 0.3) is 0 Å². The normalized spacial score (nSPS) is 21.7. The molecule has 0 bridgehead atoms. The zero-order valence-corrected chi connectivity index (χ0v) is 14.5. The van der Waals surface area contributed by atoms with Crippen molar-refractivity contribution in [3.8, 4) is 0 Å². The number of nitrogens with zero attached hydrogens (tertiary/aromatic N) is 1. The van der Waals surface area contributed by atoms with Crippen LogP contribution < -0.4 is 10.2 Å². The largest absolute Gasteiger partial charge is 0.309 e. The van der Waals surface area contributed by atoms with Gasteiger partial charge in [-0.25, -0.2) is 0 Å². The highest BCUT2D eigenvalue weighted by Crippen LogP contribution is 2.31. The van der Waals surface area contributed by atoms with E-state index in [-0.39, 0.29) is 17.0 Å². The monoisotopic (exact) mass is 338 g/mol. The summed E-state index contributed by atoms with van der Waals surface area (Å²) in [6.45, 7) is 11.2. The van der Waals surface area contributed by atoms with Gasteiger partial charge in [-0.15, -0.1) is 0 Å². The van der Waals surface area contributed by atoms with Crippen molar-refractivity contribution in [2.24, 2.45) is 0 Å². The number of anilines is 1. The summed E-state index contributed by atoms with van der Waals surface area (Å²) in [6, 6.07) is 6.09. The Balaban J connectivity index is 2.45. The Bertz CT molecular complexity index is 537. The van der Waals surface area contributed by atoms with E-state index in [1.54, 1.807) is 0 Å². The number of benzene rings is 1. The van der Waals surface area contributed by atoms with Crippen LogP contribution in [0.4, 0.5) is 5.69 Å². The van der Waals surface area contributed by atoms with E-state index in [0.29, 0.717) is 6.42 Å². The van der Waals surface area contributed by atoms with Gasteiger partial charge in [-0.3, -0.25) is 4.79 Å².